The van der Waals surface area contributed by atoms with Gasteiger partial charge in [-0.05, 0) is 28.1 Å². The lowest BCUT2D eigenvalue weighted by atomic mass is 10.0. The monoisotopic (exact) mass is 360 g/mol. The number of thiophene rings is 1. The highest BCUT2D eigenvalue weighted by atomic mass is 79.9. The van der Waals surface area contributed by atoms with Crippen molar-refractivity contribution >= 4 is 38.9 Å². The third-order valence-corrected chi connectivity index (χ3v) is 4.19. The van der Waals surface area contributed by atoms with Gasteiger partial charge in [-0.3, -0.25) is 0 Å². The lowest BCUT2D eigenvalue weighted by Crippen LogP contribution is -2.39. The van der Waals surface area contributed by atoms with E-state index in [1.165, 1.54) is 6.07 Å². The predicted molar refractivity (Wildman–Crippen MR) is 56.2 cm³/mol. The summed E-state index contributed by atoms with van der Waals surface area (Å²) in [5.74, 6) is -3.57. The molecule has 0 N–H and O–H groups in total. The normalized spacial score (nSPS) is 15.4. The van der Waals surface area contributed by atoms with Crippen molar-refractivity contribution in [1.29, 1.82) is 0 Å². The average Bonchev–Trinajstić information content (AvgIpc) is 2.45. The van der Waals surface area contributed by atoms with E-state index in [2.05, 4.69) is 15.9 Å². The molecule has 17 heavy (non-hydrogen) atoms. The van der Waals surface area contributed by atoms with Crippen molar-refractivity contribution in [2.45, 2.75) is 17.7 Å². The average molecular weight is 362 g/mol. The maximum absolute atomic E-state index is 12.3. The smallest absolute Gasteiger partial charge is 0.170 e. The van der Waals surface area contributed by atoms with Gasteiger partial charge in [0.15, 0.2) is 5.92 Å². The van der Waals surface area contributed by atoms with Crippen LogP contribution < -0.4 is 0 Å². The highest BCUT2D eigenvalue weighted by Crippen LogP contribution is 2.50. The summed E-state index contributed by atoms with van der Waals surface area (Å²) < 4.78 is 74.5. The highest BCUT2D eigenvalue weighted by Gasteiger charge is 2.60. The van der Waals surface area contributed by atoms with Crippen LogP contribution in [0.2, 0.25) is 0 Å². The summed E-state index contributed by atoms with van der Waals surface area (Å²) >= 11 is 8.99. The van der Waals surface area contributed by atoms with Gasteiger partial charge in [-0.2, -0.15) is 26.3 Å². The molecule has 1 aromatic heterocycles. The molecule has 1 atom stereocenters. The second-order valence-corrected chi connectivity index (χ2v) is 6.07. The molecule has 0 aliphatic rings. The Balaban J connectivity index is 3.08. The molecule has 0 radical (unpaired) electrons. The van der Waals surface area contributed by atoms with E-state index in [9.17, 15) is 26.3 Å². The second kappa shape index (κ2) is 4.97. The fourth-order valence-electron chi connectivity index (χ4n) is 1.16. The molecule has 0 amide bonds. The van der Waals surface area contributed by atoms with Gasteiger partial charge < -0.3 is 0 Å². The van der Waals surface area contributed by atoms with E-state index >= 15 is 0 Å². The van der Waals surface area contributed by atoms with Gasteiger partial charge in [-0.1, -0.05) is 0 Å². The molecule has 1 aromatic rings. The van der Waals surface area contributed by atoms with Crippen molar-refractivity contribution < 1.29 is 26.3 Å². The molecule has 0 saturated heterocycles. The summed E-state index contributed by atoms with van der Waals surface area (Å²) in [7, 11) is 0. The Kier molecular flexibility index (Phi) is 4.42. The largest absolute Gasteiger partial charge is 0.402 e. The van der Waals surface area contributed by atoms with Crippen LogP contribution in [0.25, 0.3) is 0 Å². The molecule has 0 bridgehead atoms. The van der Waals surface area contributed by atoms with Gasteiger partial charge in [-0.25, -0.2) is 0 Å². The molecule has 9 heteroatoms. The third-order valence-electron chi connectivity index (χ3n) is 1.86. The van der Waals surface area contributed by atoms with Crippen molar-refractivity contribution in [3.05, 3.63) is 20.8 Å². The Hall–Kier alpha value is 0.0500. The van der Waals surface area contributed by atoms with Gasteiger partial charge in [0.25, 0.3) is 0 Å². The second-order valence-electron chi connectivity index (χ2n) is 3.10. The number of hydrogen-bond acceptors (Lipinski definition) is 1. The molecule has 98 valence electrons. The molecular formula is C8H4BrClF6S. The van der Waals surface area contributed by atoms with Crippen LogP contribution in [0.3, 0.4) is 0 Å². The van der Waals surface area contributed by atoms with E-state index in [-0.39, 0.29) is 4.88 Å². The zero-order chi connectivity index (χ0) is 13.4. The molecule has 1 rings (SSSR count). The van der Waals surface area contributed by atoms with Crippen molar-refractivity contribution in [3.63, 3.8) is 0 Å². The Morgan fingerprint density at radius 3 is 1.82 bits per heavy atom. The summed E-state index contributed by atoms with van der Waals surface area (Å²) in [6.07, 6.45) is -10.9. The van der Waals surface area contributed by atoms with Gasteiger partial charge in [0.1, 0.15) is 0 Å². The van der Waals surface area contributed by atoms with E-state index in [0.29, 0.717) is 3.79 Å². The Bertz CT molecular complexity index is 370. The molecule has 0 saturated carbocycles. The molecule has 0 aromatic carbocycles. The first-order valence-electron chi connectivity index (χ1n) is 4.06. The first-order chi connectivity index (χ1) is 7.53. The lowest BCUT2D eigenvalue weighted by Gasteiger charge is -2.26. The van der Waals surface area contributed by atoms with E-state index in [1.807, 2.05) is 0 Å². The van der Waals surface area contributed by atoms with Crippen LogP contribution in [-0.4, -0.2) is 12.4 Å². The zero-order valence-corrected chi connectivity index (χ0v) is 10.9. The summed E-state index contributed by atoms with van der Waals surface area (Å²) in [6, 6.07) is 2.48. The van der Waals surface area contributed by atoms with E-state index < -0.39 is 23.6 Å². The molecule has 0 spiro atoms. The summed E-state index contributed by atoms with van der Waals surface area (Å²) in [4.78, 5) is -0.182. The lowest BCUT2D eigenvalue weighted by molar-refractivity contribution is -0.284. The van der Waals surface area contributed by atoms with Gasteiger partial charge in [-0.15, -0.1) is 22.9 Å². The summed E-state index contributed by atoms with van der Waals surface area (Å²) in [5.41, 5.74) is 0. The number of alkyl halides is 7. The van der Waals surface area contributed by atoms with Crippen molar-refractivity contribution in [2.24, 2.45) is 5.92 Å². The molecule has 1 unspecified atom stereocenters. The standard InChI is InChI=1S/C8H4BrClF6S/c9-4-2-1-3(17-4)5(10)6(7(11,12)13)8(14,15)16/h1-2,5-6H. The Morgan fingerprint density at radius 1 is 1.06 bits per heavy atom. The molecule has 0 fully saturated rings. The van der Waals surface area contributed by atoms with E-state index in [1.54, 1.807) is 0 Å². The summed E-state index contributed by atoms with van der Waals surface area (Å²) in [6.45, 7) is 0. The number of hydrogen-bond donors (Lipinski definition) is 0. The molecule has 1 heterocycles. The maximum Gasteiger partial charge on any atom is 0.402 e. The number of rotatable bonds is 2. The van der Waals surface area contributed by atoms with Crippen LogP contribution in [0.1, 0.15) is 10.3 Å². The Labute approximate surface area is 110 Å². The fourth-order valence-corrected chi connectivity index (χ4v) is 3.09. The minimum atomic E-state index is -5.43. The Morgan fingerprint density at radius 2 is 1.53 bits per heavy atom. The highest BCUT2D eigenvalue weighted by molar-refractivity contribution is 9.11. The third kappa shape index (κ3) is 3.75. The minimum Gasteiger partial charge on any atom is -0.170 e. The van der Waals surface area contributed by atoms with Crippen LogP contribution >= 0.6 is 38.9 Å². The first-order valence-corrected chi connectivity index (χ1v) is 6.11. The topological polar surface area (TPSA) is 0 Å². The molecular weight excluding hydrogens is 358 g/mol. The van der Waals surface area contributed by atoms with Gasteiger partial charge >= 0.3 is 12.4 Å². The molecule has 0 nitrogen and oxygen atoms in total. The van der Waals surface area contributed by atoms with Gasteiger partial charge in [0, 0.05) is 4.88 Å². The zero-order valence-electron chi connectivity index (χ0n) is 7.74. The van der Waals surface area contributed by atoms with Crippen LogP contribution in [0.15, 0.2) is 15.9 Å². The summed E-state index contributed by atoms with van der Waals surface area (Å²) in [5, 5.41) is -2.17. The van der Waals surface area contributed by atoms with Gasteiger partial charge in [0.2, 0.25) is 0 Å². The predicted octanol–water partition coefficient (Wildman–Crippen LogP) is 5.53. The van der Waals surface area contributed by atoms with Crippen molar-refractivity contribution in [3.8, 4) is 0 Å². The molecule has 0 aliphatic heterocycles. The minimum absolute atomic E-state index is 0.182. The van der Waals surface area contributed by atoms with Crippen LogP contribution in [0.4, 0.5) is 26.3 Å². The van der Waals surface area contributed by atoms with E-state index in [4.69, 9.17) is 11.6 Å². The van der Waals surface area contributed by atoms with Crippen molar-refractivity contribution in [1.82, 2.24) is 0 Å². The first kappa shape index (κ1) is 15.1. The SMILES string of the molecule is FC(F)(F)C(C(Cl)c1ccc(Br)s1)C(F)(F)F. The van der Waals surface area contributed by atoms with E-state index in [0.717, 1.165) is 17.4 Å². The molecule has 0 aliphatic carbocycles. The van der Waals surface area contributed by atoms with Gasteiger partial charge in [0.05, 0.1) is 9.16 Å². The quantitative estimate of drug-likeness (QED) is 0.480. The van der Waals surface area contributed by atoms with Crippen LogP contribution in [0, 0.1) is 5.92 Å². The van der Waals surface area contributed by atoms with Crippen LogP contribution in [0.5, 0.6) is 0 Å². The van der Waals surface area contributed by atoms with Crippen LogP contribution in [-0.2, 0) is 0 Å². The fraction of sp³-hybridized carbons (Fsp3) is 0.500. The maximum atomic E-state index is 12.3. The van der Waals surface area contributed by atoms with Crippen molar-refractivity contribution in [2.75, 3.05) is 0 Å². The number of halogens is 8.